The number of rotatable bonds is 4. The van der Waals surface area contributed by atoms with Crippen LogP contribution >= 0.6 is 11.6 Å². The van der Waals surface area contributed by atoms with E-state index in [0.29, 0.717) is 18.5 Å². The van der Waals surface area contributed by atoms with Crippen molar-refractivity contribution in [2.45, 2.75) is 25.3 Å². The van der Waals surface area contributed by atoms with Crippen LogP contribution in [0.15, 0.2) is 18.2 Å². The number of hydrogen-bond donors (Lipinski definition) is 3. The van der Waals surface area contributed by atoms with Crippen LogP contribution < -0.4 is 10.6 Å². The Bertz CT molecular complexity index is 596. The second kappa shape index (κ2) is 5.13. The van der Waals surface area contributed by atoms with E-state index in [1.165, 1.54) is 19.1 Å². The van der Waals surface area contributed by atoms with E-state index in [1.54, 1.807) is 6.07 Å². The normalized spacial score (nSPS) is 15.3. The van der Waals surface area contributed by atoms with Crippen molar-refractivity contribution in [3.8, 4) is 0 Å². The molecule has 7 heteroatoms. The van der Waals surface area contributed by atoms with Crippen molar-refractivity contribution in [1.29, 1.82) is 0 Å². The van der Waals surface area contributed by atoms with Crippen LogP contribution in [-0.4, -0.2) is 28.4 Å². The standard InChI is InChI=1S/C13H13ClN2O4/c1-7(17)15-8-2-3-10(14)9(6-8)11(18)16-13(4-5-13)12(19)20/h2-3,6H,4-5H2,1H3,(H,15,17)(H,16,18)(H,19,20). The van der Waals surface area contributed by atoms with Gasteiger partial charge in [0.25, 0.3) is 5.91 Å². The third-order valence-corrected chi connectivity index (χ3v) is 3.37. The molecule has 106 valence electrons. The lowest BCUT2D eigenvalue weighted by Gasteiger charge is -2.14. The maximum Gasteiger partial charge on any atom is 0.329 e. The zero-order chi connectivity index (χ0) is 14.9. The van der Waals surface area contributed by atoms with Crippen LogP contribution in [-0.2, 0) is 9.59 Å². The summed E-state index contributed by atoms with van der Waals surface area (Å²) in [6.07, 6.45) is 0.800. The van der Waals surface area contributed by atoms with Gasteiger partial charge in [0.05, 0.1) is 10.6 Å². The van der Waals surface area contributed by atoms with Crippen LogP contribution in [0.5, 0.6) is 0 Å². The van der Waals surface area contributed by atoms with Gasteiger partial charge in [-0.05, 0) is 31.0 Å². The van der Waals surface area contributed by atoms with E-state index in [2.05, 4.69) is 10.6 Å². The topological polar surface area (TPSA) is 95.5 Å². The van der Waals surface area contributed by atoms with Gasteiger partial charge in [-0.3, -0.25) is 9.59 Å². The van der Waals surface area contributed by atoms with Crippen LogP contribution in [0.25, 0.3) is 0 Å². The molecule has 0 aromatic heterocycles. The number of hydrogen-bond acceptors (Lipinski definition) is 3. The van der Waals surface area contributed by atoms with Crippen molar-refractivity contribution in [3.63, 3.8) is 0 Å². The highest BCUT2D eigenvalue weighted by Gasteiger charge is 2.51. The lowest BCUT2D eigenvalue weighted by atomic mass is 10.1. The van der Waals surface area contributed by atoms with Crippen molar-refractivity contribution >= 4 is 35.1 Å². The van der Waals surface area contributed by atoms with Crippen LogP contribution in [0.4, 0.5) is 5.69 Å². The minimum atomic E-state index is -1.18. The van der Waals surface area contributed by atoms with E-state index in [9.17, 15) is 14.4 Å². The molecule has 2 amide bonds. The Kier molecular flexibility index (Phi) is 3.67. The molecule has 1 aromatic carbocycles. The molecule has 0 atom stereocenters. The summed E-state index contributed by atoms with van der Waals surface area (Å²) >= 11 is 5.94. The molecule has 0 aliphatic heterocycles. The predicted molar refractivity (Wildman–Crippen MR) is 72.8 cm³/mol. The number of amides is 2. The first-order chi connectivity index (χ1) is 9.34. The molecule has 20 heavy (non-hydrogen) atoms. The largest absolute Gasteiger partial charge is 0.480 e. The van der Waals surface area contributed by atoms with Gasteiger partial charge in [-0.15, -0.1) is 0 Å². The summed E-state index contributed by atoms with van der Waals surface area (Å²) in [5.74, 6) is -1.90. The highest BCUT2D eigenvalue weighted by atomic mass is 35.5. The van der Waals surface area contributed by atoms with Gasteiger partial charge in [0, 0.05) is 12.6 Å². The Hall–Kier alpha value is -2.08. The lowest BCUT2D eigenvalue weighted by Crippen LogP contribution is -2.43. The summed E-state index contributed by atoms with van der Waals surface area (Å²) in [4.78, 5) is 34.1. The fourth-order valence-corrected chi connectivity index (χ4v) is 1.99. The lowest BCUT2D eigenvalue weighted by molar-refractivity contribution is -0.140. The highest BCUT2D eigenvalue weighted by molar-refractivity contribution is 6.34. The molecule has 1 fully saturated rings. The van der Waals surface area contributed by atoms with Gasteiger partial charge >= 0.3 is 5.97 Å². The molecule has 0 heterocycles. The first-order valence-electron chi connectivity index (χ1n) is 5.97. The number of nitrogens with one attached hydrogen (secondary N) is 2. The van der Waals surface area contributed by atoms with E-state index in [4.69, 9.17) is 16.7 Å². The van der Waals surface area contributed by atoms with Crippen molar-refractivity contribution < 1.29 is 19.5 Å². The minimum Gasteiger partial charge on any atom is -0.480 e. The molecule has 0 radical (unpaired) electrons. The fraction of sp³-hybridized carbons (Fsp3) is 0.308. The first-order valence-corrected chi connectivity index (χ1v) is 6.35. The third kappa shape index (κ3) is 2.91. The summed E-state index contributed by atoms with van der Waals surface area (Å²) in [6.45, 7) is 1.35. The number of carbonyl (C=O) groups is 3. The summed E-state index contributed by atoms with van der Waals surface area (Å²) < 4.78 is 0. The van der Waals surface area contributed by atoms with E-state index < -0.39 is 17.4 Å². The van der Waals surface area contributed by atoms with Gasteiger partial charge in [0.2, 0.25) is 5.91 Å². The number of anilines is 1. The number of carboxylic acids is 1. The highest BCUT2D eigenvalue weighted by Crippen LogP contribution is 2.36. The molecular formula is C13H13ClN2O4. The SMILES string of the molecule is CC(=O)Nc1ccc(Cl)c(C(=O)NC2(C(=O)O)CC2)c1. The summed E-state index contributed by atoms with van der Waals surface area (Å²) in [5, 5.41) is 14.2. The Balaban J connectivity index is 2.21. The smallest absolute Gasteiger partial charge is 0.329 e. The van der Waals surface area contributed by atoms with Gasteiger partial charge in [0.15, 0.2) is 0 Å². The van der Waals surface area contributed by atoms with Crippen molar-refractivity contribution in [3.05, 3.63) is 28.8 Å². The molecule has 6 nitrogen and oxygen atoms in total. The summed E-state index contributed by atoms with van der Waals surface area (Å²) in [7, 11) is 0. The van der Waals surface area contributed by atoms with Crippen LogP contribution in [0.1, 0.15) is 30.1 Å². The van der Waals surface area contributed by atoms with E-state index in [0.717, 1.165) is 0 Å². The van der Waals surface area contributed by atoms with Gasteiger partial charge in [-0.1, -0.05) is 11.6 Å². The average molecular weight is 297 g/mol. The third-order valence-electron chi connectivity index (χ3n) is 3.04. The molecule has 3 N–H and O–H groups in total. The Morgan fingerprint density at radius 2 is 1.95 bits per heavy atom. The second-order valence-electron chi connectivity index (χ2n) is 4.72. The average Bonchev–Trinajstić information content (AvgIpc) is 3.12. The summed E-state index contributed by atoms with van der Waals surface area (Å²) in [6, 6.07) is 4.45. The molecule has 1 saturated carbocycles. The molecule has 0 saturated heterocycles. The molecule has 0 unspecified atom stereocenters. The minimum absolute atomic E-state index is 0.130. The number of benzene rings is 1. The van der Waals surface area contributed by atoms with E-state index in [-0.39, 0.29) is 16.5 Å². The Morgan fingerprint density at radius 1 is 1.30 bits per heavy atom. The maximum absolute atomic E-state index is 12.1. The molecule has 1 aliphatic carbocycles. The number of halogens is 1. The molecule has 1 aromatic rings. The van der Waals surface area contributed by atoms with Gasteiger partial charge < -0.3 is 15.7 Å². The molecule has 2 rings (SSSR count). The molecule has 0 bridgehead atoms. The van der Waals surface area contributed by atoms with Crippen molar-refractivity contribution in [2.75, 3.05) is 5.32 Å². The van der Waals surface area contributed by atoms with Crippen LogP contribution in [0, 0.1) is 0 Å². The monoisotopic (exact) mass is 296 g/mol. The zero-order valence-corrected chi connectivity index (χ0v) is 11.5. The zero-order valence-electron chi connectivity index (χ0n) is 10.7. The van der Waals surface area contributed by atoms with Crippen molar-refractivity contribution in [1.82, 2.24) is 5.32 Å². The number of carboxylic acid groups (broad SMARTS) is 1. The number of aliphatic carboxylic acids is 1. The fourth-order valence-electron chi connectivity index (χ4n) is 1.78. The van der Waals surface area contributed by atoms with Crippen LogP contribution in [0.2, 0.25) is 5.02 Å². The molecule has 0 spiro atoms. The first kappa shape index (κ1) is 14.3. The maximum atomic E-state index is 12.1. The molecular weight excluding hydrogens is 284 g/mol. The summed E-state index contributed by atoms with van der Waals surface area (Å²) in [5.41, 5.74) is -0.623. The van der Waals surface area contributed by atoms with Gasteiger partial charge in [-0.2, -0.15) is 0 Å². The van der Waals surface area contributed by atoms with Gasteiger partial charge in [0.1, 0.15) is 5.54 Å². The second-order valence-corrected chi connectivity index (χ2v) is 5.12. The van der Waals surface area contributed by atoms with E-state index in [1.807, 2.05) is 0 Å². The quantitative estimate of drug-likeness (QED) is 0.787. The molecule has 1 aliphatic rings. The van der Waals surface area contributed by atoms with E-state index >= 15 is 0 Å². The Morgan fingerprint density at radius 3 is 2.45 bits per heavy atom. The van der Waals surface area contributed by atoms with Gasteiger partial charge in [-0.25, -0.2) is 4.79 Å². The van der Waals surface area contributed by atoms with Crippen LogP contribution in [0.3, 0.4) is 0 Å². The predicted octanol–water partition coefficient (Wildman–Crippen LogP) is 1.65. The Labute approximate surface area is 120 Å². The number of carbonyl (C=O) groups excluding carboxylic acids is 2. The van der Waals surface area contributed by atoms with Crippen molar-refractivity contribution in [2.24, 2.45) is 0 Å².